The highest BCUT2D eigenvalue weighted by molar-refractivity contribution is 5.83. The van der Waals surface area contributed by atoms with E-state index < -0.39 is 30.8 Å². The summed E-state index contributed by atoms with van der Waals surface area (Å²) in [6, 6.07) is 6.02. The van der Waals surface area contributed by atoms with E-state index in [1.807, 2.05) is 0 Å². The molecule has 0 saturated heterocycles. The van der Waals surface area contributed by atoms with Crippen molar-refractivity contribution in [1.82, 2.24) is 9.88 Å². The van der Waals surface area contributed by atoms with Gasteiger partial charge in [-0.05, 0) is 24.3 Å². The minimum Gasteiger partial charge on any atom is -0.478 e. The van der Waals surface area contributed by atoms with Crippen molar-refractivity contribution >= 4 is 22.5 Å². The SMILES string of the molecule is [2H]C([2H])([2H])NC(=O)C([2H])([2H])Oc1cc2cc(N)ccc2n(C)c1=O. The van der Waals surface area contributed by atoms with E-state index in [9.17, 15) is 9.59 Å². The zero-order valence-corrected chi connectivity index (χ0v) is 10.1. The number of nitrogens with zero attached hydrogens (tertiary/aromatic N) is 1. The van der Waals surface area contributed by atoms with Crippen LogP contribution in [-0.2, 0) is 11.8 Å². The molecule has 0 aliphatic heterocycles. The van der Waals surface area contributed by atoms with Crippen LogP contribution in [0.2, 0.25) is 0 Å². The molecule has 6 nitrogen and oxygen atoms in total. The Morgan fingerprint density at radius 2 is 2.37 bits per heavy atom. The topological polar surface area (TPSA) is 86.3 Å². The first-order valence-corrected chi connectivity index (χ1v) is 5.31. The van der Waals surface area contributed by atoms with Gasteiger partial charge in [-0.15, -0.1) is 0 Å². The summed E-state index contributed by atoms with van der Waals surface area (Å²) in [7, 11) is 1.45. The smallest absolute Gasteiger partial charge is 0.293 e. The van der Waals surface area contributed by atoms with Gasteiger partial charge in [0.1, 0.15) is 0 Å². The van der Waals surface area contributed by atoms with Crippen molar-refractivity contribution in [3.8, 4) is 5.75 Å². The Morgan fingerprint density at radius 1 is 1.58 bits per heavy atom. The number of amides is 1. The lowest BCUT2D eigenvalue weighted by molar-refractivity contribution is -0.122. The molecule has 0 aliphatic rings. The van der Waals surface area contributed by atoms with Crippen LogP contribution < -0.4 is 21.3 Å². The van der Waals surface area contributed by atoms with Crippen molar-refractivity contribution in [3.05, 3.63) is 34.6 Å². The molecule has 3 N–H and O–H groups in total. The molecule has 0 saturated carbocycles. The molecule has 0 atom stereocenters. The summed E-state index contributed by atoms with van der Waals surface area (Å²) in [6.45, 7) is -5.93. The molecule has 19 heavy (non-hydrogen) atoms. The predicted octanol–water partition coefficient (Wildman–Crippen LogP) is 0.245. The third-order valence-corrected chi connectivity index (χ3v) is 2.58. The number of fused-ring (bicyclic) bond motifs is 1. The number of carbonyl (C=O) groups excluding carboxylic acids is 1. The number of rotatable bonds is 3. The number of carbonyl (C=O) groups is 1. The molecule has 1 aromatic heterocycles. The molecule has 0 spiro atoms. The summed E-state index contributed by atoms with van der Waals surface area (Å²) in [4.78, 5) is 23.9. The number of anilines is 1. The fourth-order valence-corrected chi connectivity index (χ4v) is 1.67. The maximum absolute atomic E-state index is 12.3. The lowest BCUT2D eigenvalue weighted by Crippen LogP contribution is -2.27. The van der Waals surface area contributed by atoms with Crippen LogP contribution in [0.25, 0.3) is 10.9 Å². The van der Waals surface area contributed by atoms with E-state index >= 15 is 0 Å². The van der Waals surface area contributed by atoms with Gasteiger partial charge in [0.25, 0.3) is 11.5 Å². The zero-order valence-electron chi connectivity index (χ0n) is 15.1. The second-order valence-electron chi connectivity index (χ2n) is 3.85. The second-order valence-corrected chi connectivity index (χ2v) is 3.85. The number of likely N-dealkylation sites (N-methyl/N-ethyl adjacent to an activating group) is 1. The minimum absolute atomic E-state index is 0.426. The van der Waals surface area contributed by atoms with Gasteiger partial charge in [-0.3, -0.25) is 9.59 Å². The van der Waals surface area contributed by atoms with Crippen LogP contribution in [0, 0.1) is 0 Å². The molecule has 0 aliphatic carbocycles. The van der Waals surface area contributed by atoms with Gasteiger partial charge in [-0.2, -0.15) is 0 Å². The average molecular weight is 266 g/mol. The number of pyridine rings is 1. The Labute approximate surface area is 116 Å². The molecule has 2 rings (SSSR count). The number of aromatic nitrogens is 1. The normalized spacial score (nSPS) is 15.7. The molecule has 2 aromatic rings. The Hall–Kier alpha value is -2.50. The third kappa shape index (κ3) is 2.52. The molecule has 1 heterocycles. The predicted molar refractivity (Wildman–Crippen MR) is 73.2 cm³/mol. The van der Waals surface area contributed by atoms with Crippen LogP contribution in [0.3, 0.4) is 0 Å². The highest BCUT2D eigenvalue weighted by Crippen LogP contribution is 2.19. The van der Waals surface area contributed by atoms with E-state index in [0.29, 0.717) is 16.6 Å². The van der Waals surface area contributed by atoms with Crippen molar-refractivity contribution in [3.63, 3.8) is 0 Å². The third-order valence-electron chi connectivity index (χ3n) is 2.58. The van der Waals surface area contributed by atoms with Crippen molar-refractivity contribution in [2.45, 2.75) is 0 Å². The molecule has 6 heteroatoms. The maximum atomic E-state index is 12.3. The summed E-state index contributed by atoms with van der Waals surface area (Å²) in [5.74, 6) is -1.96. The number of ether oxygens (including phenoxy) is 1. The van der Waals surface area contributed by atoms with E-state index in [-0.39, 0.29) is 0 Å². The summed E-state index contributed by atoms with van der Waals surface area (Å²) in [5.41, 5.74) is 5.96. The number of hydrogen-bond acceptors (Lipinski definition) is 4. The molecular weight excluding hydrogens is 246 g/mol. The number of aryl methyl sites for hydroxylation is 1. The van der Waals surface area contributed by atoms with E-state index in [1.165, 1.54) is 23.0 Å². The zero-order chi connectivity index (χ0) is 18.3. The van der Waals surface area contributed by atoms with Gasteiger partial charge < -0.3 is 20.4 Å². The lowest BCUT2D eigenvalue weighted by Gasteiger charge is -2.10. The van der Waals surface area contributed by atoms with Gasteiger partial charge in [0.2, 0.25) is 0 Å². The Kier molecular flexibility index (Phi) is 2.07. The molecule has 1 aromatic carbocycles. The fraction of sp³-hybridized carbons (Fsp3) is 0.231. The van der Waals surface area contributed by atoms with Crippen LogP contribution in [0.15, 0.2) is 29.1 Å². The van der Waals surface area contributed by atoms with Gasteiger partial charge >= 0.3 is 0 Å². The van der Waals surface area contributed by atoms with Crippen LogP contribution in [0.1, 0.15) is 6.85 Å². The summed E-state index contributed by atoms with van der Waals surface area (Å²) in [6.07, 6.45) is 0. The highest BCUT2D eigenvalue weighted by atomic mass is 16.5. The number of hydrogen-bond donors (Lipinski definition) is 2. The van der Waals surface area contributed by atoms with Gasteiger partial charge in [0.05, 0.1) is 8.26 Å². The number of benzene rings is 1. The lowest BCUT2D eigenvalue weighted by atomic mass is 10.2. The molecular formula is C13H15N3O3. The molecule has 100 valence electrons. The van der Waals surface area contributed by atoms with Gasteiger partial charge in [-0.25, -0.2) is 0 Å². The van der Waals surface area contributed by atoms with Crippen molar-refractivity contribution in [2.75, 3.05) is 19.3 Å². The van der Waals surface area contributed by atoms with E-state index in [0.717, 1.165) is 0 Å². The van der Waals surface area contributed by atoms with Crippen LogP contribution in [0.5, 0.6) is 5.75 Å². The van der Waals surface area contributed by atoms with Crippen LogP contribution in [-0.4, -0.2) is 24.0 Å². The minimum atomic E-state index is -3.05. The average Bonchev–Trinajstić information content (AvgIpc) is 2.42. The van der Waals surface area contributed by atoms with Gasteiger partial charge in [-0.1, -0.05) is 0 Å². The number of nitrogen functional groups attached to an aromatic ring is 1. The Bertz CT molecular complexity index is 860. The summed E-state index contributed by atoms with van der Waals surface area (Å²) in [5, 5.41) is 1.99. The monoisotopic (exact) mass is 266 g/mol. The van der Waals surface area contributed by atoms with Crippen LogP contribution >= 0.6 is 0 Å². The largest absolute Gasteiger partial charge is 0.478 e. The number of nitrogens with one attached hydrogen (secondary N) is 1. The summed E-state index contributed by atoms with van der Waals surface area (Å²) < 4.78 is 42.0. The van der Waals surface area contributed by atoms with Crippen molar-refractivity contribution in [1.29, 1.82) is 0 Å². The molecule has 0 fully saturated rings. The first-order chi connectivity index (χ1) is 10.9. The second kappa shape index (κ2) is 5.01. The maximum Gasteiger partial charge on any atom is 0.293 e. The Morgan fingerprint density at radius 3 is 3.11 bits per heavy atom. The van der Waals surface area contributed by atoms with Gasteiger partial charge in [0, 0.05) is 29.2 Å². The first kappa shape index (κ1) is 7.83. The standard InChI is InChI=1S/C13H15N3O3/c1-15-12(17)7-19-11-6-8-5-9(14)3-4-10(8)16(2)13(11)18/h3-6H,7,14H2,1-2H3,(H,15,17)/i1D3,7D2. The summed E-state index contributed by atoms with van der Waals surface area (Å²) >= 11 is 0. The molecule has 0 radical (unpaired) electrons. The van der Waals surface area contributed by atoms with E-state index in [1.54, 1.807) is 18.2 Å². The quantitative estimate of drug-likeness (QED) is 0.779. The molecule has 0 unspecified atom stereocenters. The Balaban J connectivity index is 2.44. The molecule has 0 bridgehead atoms. The van der Waals surface area contributed by atoms with E-state index in [4.69, 9.17) is 17.3 Å². The number of nitrogens with two attached hydrogens (primary N) is 1. The van der Waals surface area contributed by atoms with Crippen molar-refractivity contribution in [2.24, 2.45) is 7.05 Å². The van der Waals surface area contributed by atoms with Crippen molar-refractivity contribution < 1.29 is 16.4 Å². The van der Waals surface area contributed by atoms with Gasteiger partial charge in [0.15, 0.2) is 12.3 Å². The van der Waals surface area contributed by atoms with E-state index in [2.05, 4.69) is 0 Å². The fourth-order valence-electron chi connectivity index (χ4n) is 1.67. The highest BCUT2D eigenvalue weighted by Gasteiger charge is 2.09. The molecule has 1 amide bonds. The first-order valence-electron chi connectivity index (χ1n) is 7.81. The van der Waals surface area contributed by atoms with Crippen LogP contribution in [0.4, 0.5) is 5.69 Å².